The van der Waals surface area contributed by atoms with E-state index in [0.717, 1.165) is 6.42 Å². The third kappa shape index (κ3) is 6.85. The Morgan fingerprint density at radius 2 is 0.935 bits per heavy atom. The molecule has 0 aromatic heterocycles. The van der Waals surface area contributed by atoms with Crippen molar-refractivity contribution in [1.29, 1.82) is 0 Å². The quantitative estimate of drug-likeness (QED) is 0.164. The monoisotopic (exact) mass is 817 g/mol. The zero-order valence-corrected chi connectivity index (χ0v) is 40.6. The van der Waals surface area contributed by atoms with Crippen molar-refractivity contribution >= 4 is 57.2 Å². The molecule has 2 aliphatic heterocycles. The summed E-state index contributed by atoms with van der Waals surface area (Å²) >= 11 is 0. The van der Waals surface area contributed by atoms with Gasteiger partial charge in [0, 0.05) is 34.0 Å². The normalized spacial score (nSPS) is 16.5. The van der Waals surface area contributed by atoms with Crippen LogP contribution in [0.1, 0.15) is 151 Å². The van der Waals surface area contributed by atoms with E-state index in [1.165, 1.54) is 95.0 Å². The third-order valence-electron chi connectivity index (χ3n) is 14.4. The summed E-state index contributed by atoms with van der Waals surface area (Å²) in [6.45, 7) is 38.1. The second kappa shape index (κ2) is 13.7. The van der Waals surface area contributed by atoms with E-state index in [-0.39, 0.29) is 39.2 Å². The van der Waals surface area contributed by atoms with Gasteiger partial charge >= 0.3 is 0 Å². The molecule has 318 valence electrons. The summed E-state index contributed by atoms with van der Waals surface area (Å²) in [4.78, 5) is 5.32. The number of benzene rings is 6. The van der Waals surface area contributed by atoms with Gasteiger partial charge in [0.2, 0.25) is 0 Å². The van der Waals surface area contributed by atoms with Gasteiger partial charge in [-0.05, 0) is 143 Å². The van der Waals surface area contributed by atoms with Crippen LogP contribution in [0.5, 0.6) is 0 Å². The van der Waals surface area contributed by atoms with Crippen molar-refractivity contribution in [2.45, 2.75) is 150 Å². The van der Waals surface area contributed by atoms with Crippen LogP contribution in [0.2, 0.25) is 0 Å². The summed E-state index contributed by atoms with van der Waals surface area (Å²) in [5.41, 5.74) is 22.6. The summed E-state index contributed by atoms with van der Waals surface area (Å²) < 4.78 is 0. The molecule has 6 aromatic carbocycles. The third-order valence-corrected chi connectivity index (χ3v) is 14.4. The van der Waals surface area contributed by atoms with E-state index < -0.39 is 0 Å². The summed E-state index contributed by atoms with van der Waals surface area (Å²) in [6, 6.07) is 45.6. The fraction of sp³-hybridized carbons (Fsp3) is 0.390. The number of fused-ring (bicyclic) bond motifs is 5. The van der Waals surface area contributed by atoms with Crippen LogP contribution in [0.25, 0.3) is 11.1 Å². The van der Waals surface area contributed by atoms with Crippen molar-refractivity contribution in [2.75, 3.05) is 9.80 Å². The molecule has 0 N–H and O–H groups in total. The van der Waals surface area contributed by atoms with Crippen LogP contribution in [0, 0.1) is 0 Å². The highest BCUT2D eigenvalue weighted by molar-refractivity contribution is 7.00. The first-order chi connectivity index (χ1) is 28.8. The van der Waals surface area contributed by atoms with Gasteiger partial charge in [-0.2, -0.15) is 0 Å². The number of rotatable bonds is 3. The molecule has 0 saturated carbocycles. The lowest BCUT2D eigenvalue weighted by Crippen LogP contribution is -2.61. The number of anilines is 6. The van der Waals surface area contributed by atoms with E-state index in [1.807, 2.05) is 0 Å². The van der Waals surface area contributed by atoms with E-state index in [2.05, 4.69) is 236 Å². The van der Waals surface area contributed by atoms with Gasteiger partial charge in [-0.25, -0.2) is 0 Å². The average molecular weight is 817 g/mol. The Hall–Kier alpha value is -5.02. The lowest BCUT2D eigenvalue weighted by atomic mass is 9.33. The smallest absolute Gasteiger partial charge is 0.252 e. The Labute approximate surface area is 374 Å². The maximum atomic E-state index is 2.69. The Balaban J connectivity index is 1.47. The summed E-state index contributed by atoms with van der Waals surface area (Å²) in [5.74, 6) is 0. The predicted molar refractivity (Wildman–Crippen MR) is 271 cm³/mol. The first-order valence-electron chi connectivity index (χ1n) is 23.2. The van der Waals surface area contributed by atoms with Crippen LogP contribution in [-0.4, -0.2) is 6.71 Å². The zero-order valence-electron chi connectivity index (χ0n) is 40.6. The van der Waals surface area contributed by atoms with Crippen LogP contribution in [0.3, 0.4) is 0 Å². The molecule has 0 spiro atoms. The fourth-order valence-electron chi connectivity index (χ4n) is 11.0. The van der Waals surface area contributed by atoms with Gasteiger partial charge in [0.15, 0.2) is 0 Å². The van der Waals surface area contributed by atoms with E-state index in [0.29, 0.717) is 0 Å². The van der Waals surface area contributed by atoms with Gasteiger partial charge in [-0.15, -0.1) is 0 Å². The second-order valence-corrected chi connectivity index (χ2v) is 24.4. The van der Waals surface area contributed by atoms with Gasteiger partial charge in [-0.3, -0.25) is 0 Å². The largest absolute Gasteiger partial charge is 0.311 e. The van der Waals surface area contributed by atoms with Crippen molar-refractivity contribution in [3.63, 3.8) is 0 Å². The maximum Gasteiger partial charge on any atom is 0.252 e. The Bertz CT molecular complexity index is 2760. The molecule has 6 aromatic rings. The molecule has 9 rings (SSSR count). The molecule has 2 nitrogen and oxygen atoms in total. The van der Waals surface area contributed by atoms with Crippen molar-refractivity contribution in [2.24, 2.45) is 0 Å². The number of hydrogen-bond acceptors (Lipinski definition) is 2. The molecule has 3 aliphatic rings. The van der Waals surface area contributed by atoms with Crippen molar-refractivity contribution in [3.05, 3.63) is 149 Å². The highest BCUT2D eigenvalue weighted by Crippen LogP contribution is 2.54. The molecule has 0 atom stereocenters. The average Bonchev–Trinajstić information content (AvgIpc) is 3.37. The zero-order chi connectivity index (χ0) is 44.7. The summed E-state index contributed by atoms with van der Waals surface area (Å²) in [5, 5.41) is 0. The molecule has 0 amide bonds. The highest BCUT2D eigenvalue weighted by atomic mass is 15.2. The molecule has 0 bridgehead atoms. The number of hydrogen-bond donors (Lipinski definition) is 0. The van der Waals surface area contributed by atoms with Gasteiger partial charge in [0.05, 0.1) is 5.69 Å². The molecular formula is C59H69BN2. The highest BCUT2D eigenvalue weighted by Gasteiger charge is 2.49. The second-order valence-electron chi connectivity index (χ2n) is 24.4. The molecule has 0 fully saturated rings. The Morgan fingerprint density at radius 3 is 1.55 bits per heavy atom. The van der Waals surface area contributed by atoms with Crippen LogP contribution in [-0.2, 0) is 32.5 Å². The maximum absolute atomic E-state index is 2.69. The molecule has 2 heterocycles. The van der Waals surface area contributed by atoms with E-state index >= 15 is 0 Å². The Morgan fingerprint density at radius 1 is 0.419 bits per heavy atom. The number of nitrogens with zero attached hydrogens (tertiary/aromatic N) is 2. The standard InChI is InChI=1S/C59H69BN2/c1-54(2,3)38-23-20-24-42(29-38)61-49-31-40(56(7,8)9)25-27-46(49)60-47-34-44-45(59(15,16)36-58(44,13)14)35-50(47)62(52-33-41(57(10,11)12)32-51(61)53(52)60)48-28-26-39(55(4,5)6)30-43(48)37-21-18-17-19-22-37/h17-35H,36H2,1-16H3. The Kier molecular flexibility index (Phi) is 9.37. The van der Waals surface area contributed by atoms with Crippen LogP contribution in [0.4, 0.5) is 34.1 Å². The molecular weight excluding hydrogens is 747 g/mol. The molecule has 3 heteroatoms. The topological polar surface area (TPSA) is 6.48 Å². The van der Waals surface area contributed by atoms with Crippen molar-refractivity contribution < 1.29 is 0 Å². The minimum atomic E-state index is -0.109. The van der Waals surface area contributed by atoms with Gasteiger partial charge in [-0.1, -0.05) is 178 Å². The van der Waals surface area contributed by atoms with Crippen LogP contribution in [0.15, 0.2) is 115 Å². The first-order valence-corrected chi connectivity index (χ1v) is 23.2. The summed E-state index contributed by atoms with van der Waals surface area (Å²) in [7, 11) is 0. The molecule has 1 aliphatic carbocycles. The lowest BCUT2D eigenvalue weighted by Gasteiger charge is -2.46. The molecule has 0 radical (unpaired) electrons. The lowest BCUT2D eigenvalue weighted by molar-refractivity contribution is 0.403. The minimum Gasteiger partial charge on any atom is -0.311 e. The van der Waals surface area contributed by atoms with Crippen LogP contribution < -0.4 is 26.2 Å². The fourth-order valence-corrected chi connectivity index (χ4v) is 11.0. The predicted octanol–water partition coefficient (Wildman–Crippen LogP) is 14.6. The van der Waals surface area contributed by atoms with Crippen molar-refractivity contribution in [3.8, 4) is 11.1 Å². The molecule has 0 saturated heterocycles. The minimum absolute atomic E-state index is 0.000852. The van der Waals surface area contributed by atoms with E-state index in [9.17, 15) is 0 Å². The SMILES string of the molecule is CC(C)(C)c1cccc(N2c3cc(C(C)(C)C)ccc3B3c4cc5c(cc4N(c4ccc(C(C)(C)C)cc4-c4ccccc4)c4cc(C(C)(C)C)cc2c43)C(C)(C)CC5(C)C)c1. The van der Waals surface area contributed by atoms with Gasteiger partial charge in [0.25, 0.3) is 6.71 Å². The molecule has 62 heavy (non-hydrogen) atoms. The van der Waals surface area contributed by atoms with E-state index in [1.54, 1.807) is 0 Å². The summed E-state index contributed by atoms with van der Waals surface area (Å²) in [6.07, 6.45) is 1.12. The van der Waals surface area contributed by atoms with Gasteiger partial charge < -0.3 is 9.80 Å². The van der Waals surface area contributed by atoms with E-state index in [4.69, 9.17) is 0 Å². The first kappa shape index (κ1) is 42.3. The molecule has 0 unspecified atom stereocenters. The van der Waals surface area contributed by atoms with Crippen LogP contribution >= 0.6 is 0 Å². The van der Waals surface area contributed by atoms with Gasteiger partial charge in [0.1, 0.15) is 0 Å². The van der Waals surface area contributed by atoms with Crippen molar-refractivity contribution in [1.82, 2.24) is 0 Å².